The maximum absolute atomic E-state index is 13.1. The Morgan fingerprint density at radius 2 is 1.61 bits per heavy atom. The summed E-state index contributed by atoms with van der Waals surface area (Å²) in [5.41, 5.74) is 4.63. The highest BCUT2D eigenvalue weighted by Gasteiger charge is 2.30. The standard InChI is InChI=1S/C24H30N2O2/c1-16-8-9-20(15-17(16)2)21-7-6-14-26(21)23(28)19-12-10-18(11-13-19)22(27)25-24(3,4)5/h8-13,15,21H,6-7,14H2,1-5H3,(H,25,27)/t21-/m0/s1. The van der Waals surface area contributed by atoms with E-state index in [0.717, 1.165) is 19.4 Å². The third-order valence-corrected chi connectivity index (χ3v) is 5.31. The zero-order chi connectivity index (χ0) is 20.5. The van der Waals surface area contributed by atoms with E-state index in [9.17, 15) is 9.59 Å². The van der Waals surface area contributed by atoms with Gasteiger partial charge in [0.15, 0.2) is 0 Å². The number of nitrogens with zero attached hydrogens (tertiary/aromatic N) is 1. The Bertz CT molecular complexity index is 878. The highest BCUT2D eigenvalue weighted by Crippen LogP contribution is 2.34. The molecule has 0 radical (unpaired) electrons. The van der Waals surface area contributed by atoms with E-state index in [0.29, 0.717) is 11.1 Å². The molecule has 1 heterocycles. The third-order valence-electron chi connectivity index (χ3n) is 5.31. The Hall–Kier alpha value is -2.62. The minimum atomic E-state index is -0.291. The number of amides is 2. The zero-order valence-corrected chi connectivity index (χ0v) is 17.5. The highest BCUT2D eigenvalue weighted by atomic mass is 16.2. The van der Waals surface area contributed by atoms with Crippen LogP contribution in [0.2, 0.25) is 0 Å². The fourth-order valence-corrected chi connectivity index (χ4v) is 3.67. The van der Waals surface area contributed by atoms with Crippen molar-refractivity contribution in [3.8, 4) is 0 Å². The molecule has 0 aliphatic carbocycles. The number of carbonyl (C=O) groups is 2. The second-order valence-corrected chi connectivity index (χ2v) is 8.78. The van der Waals surface area contributed by atoms with Crippen LogP contribution < -0.4 is 5.32 Å². The van der Waals surface area contributed by atoms with Crippen LogP contribution in [0.15, 0.2) is 42.5 Å². The van der Waals surface area contributed by atoms with Gasteiger partial charge < -0.3 is 10.2 Å². The fraction of sp³-hybridized carbons (Fsp3) is 0.417. The molecule has 1 atom stereocenters. The summed E-state index contributed by atoms with van der Waals surface area (Å²) in [7, 11) is 0. The van der Waals surface area contributed by atoms with Crippen molar-refractivity contribution in [2.45, 2.75) is 59.0 Å². The Morgan fingerprint density at radius 1 is 0.964 bits per heavy atom. The number of hydrogen-bond acceptors (Lipinski definition) is 2. The van der Waals surface area contributed by atoms with Crippen LogP contribution in [0.5, 0.6) is 0 Å². The quantitative estimate of drug-likeness (QED) is 0.833. The minimum absolute atomic E-state index is 0.0310. The van der Waals surface area contributed by atoms with E-state index in [4.69, 9.17) is 0 Å². The summed E-state index contributed by atoms with van der Waals surface area (Å²) in [6.45, 7) is 10.8. The van der Waals surface area contributed by atoms with Crippen LogP contribution in [-0.4, -0.2) is 28.8 Å². The molecule has 0 aromatic heterocycles. The van der Waals surface area contributed by atoms with Gasteiger partial charge >= 0.3 is 0 Å². The molecule has 0 unspecified atom stereocenters. The molecule has 2 aromatic carbocycles. The molecule has 1 fully saturated rings. The lowest BCUT2D eigenvalue weighted by Crippen LogP contribution is -2.40. The first kappa shape index (κ1) is 20.1. The largest absolute Gasteiger partial charge is 0.347 e. The van der Waals surface area contributed by atoms with E-state index in [1.807, 2.05) is 25.7 Å². The first-order chi connectivity index (χ1) is 13.2. The van der Waals surface area contributed by atoms with Gasteiger partial charge in [-0.25, -0.2) is 0 Å². The molecule has 2 aromatic rings. The summed E-state index contributed by atoms with van der Waals surface area (Å²) in [6, 6.07) is 13.6. The van der Waals surface area contributed by atoms with Gasteiger partial charge in [-0.15, -0.1) is 0 Å². The summed E-state index contributed by atoms with van der Waals surface area (Å²) in [5.74, 6) is -0.0933. The van der Waals surface area contributed by atoms with Gasteiger partial charge in [-0.2, -0.15) is 0 Å². The van der Waals surface area contributed by atoms with E-state index < -0.39 is 0 Å². The number of benzene rings is 2. The zero-order valence-electron chi connectivity index (χ0n) is 17.5. The van der Waals surface area contributed by atoms with Gasteiger partial charge in [0.25, 0.3) is 11.8 Å². The van der Waals surface area contributed by atoms with Crippen molar-refractivity contribution < 1.29 is 9.59 Å². The van der Waals surface area contributed by atoms with Crippen LogP contribution in [0.1, 0.15) is 77.1 Å². The molecule has 148 valence electrons. The van der Waals surface area contributed by atoms with Crippen LogP contribution in [-0.2, 0) is 0 Å². The number of rotatable bonds is 3. The lowest BCUT2D eigenvalue weighted by Gasteiger charge is -2.26. The lowest BCUT2D eigenvalue weighted by molar-refractivity contribution is 0.0734. The Morgan fingerprint density at radius 3 is 2.21 bits per heavy atom. The van der Waals surface area contributed by atoms with Crippen molar-refractivity contribution in [2.75, 3.05) is 6.54 Å². The maximum Gasteiger partial charge on any atom is 0.254 e. The Labute approximate surface area is 167 Å². The van der Waals surface area contributed by atoms with E-state index >= 15 is 0 Å². The van der Waals surface area contributed by atoms with Crippen molar-refractivity contribution in [1.82, 2.24) is 10.2 Å². The number of nitrogens with one attached hydrogen (secondary N) is 1. The summed E-state index contributed by atoms with van der Waals surface area (Å²) in [6.07, 6.45) is 2.00. The Kier molecular flexibility index (Phi) is 5.59. The monoisotopic (exact) mass is 378 g/mol. The van der Waals surface area contributed by atoms with E-state index in [2.05, 4.69) is 37.4 Å². The number of aryl methyl sites for hydroxylation is 2. The van der Waals surface area contributed by atoms with Crippen LogP contribution in [0.3, 0.4) is 0 Å². The molecule has 0 saturated carbocycles. The van der Waals surface area contributed by atoms with Gasteiger partial charge in [0.2, 0.25) is 0 Å². The van der Waals surface area contributed by atoms with Crippen molar-refractivity contribution in [1.29, 1.82) is 0 Å². The molecule has 1 saturated heterocycles. The predicted molar refractivity (Wildman–Crippen MR) is 113 cm³/mol. The molecular weight excluding hydrogens is 348 g/mol. The van der Waals surface area contributed by atoms with Gasteiger partial charge in [-0.1, -0.05) is 18.2 Å². The van der Waals surface area contributed by atoms with Gasteiger partial charge in [0.05, 0.1) is 6.04 Å². The van der Waals surface area contributed by atoms with Crippen molar-refractivity contribution >= 4 is 11.8 Å². The van der Waals surface area contributed by atoms with Crippen LogP contribution in [0.25, 0.3) is 0 Å². The van der Waals surface area contributed by atoms with Crippen LogP contribution in [0.4, 0.5) is 0 Å². The summed E-state index contributed by atoms with van der Waals surface area (Å²) >= 11 is 0. The second kappa shape index (κ2) is 7.78. The van der Waals surface area contributed by atoms with Gasteiger partial charge in [-0.05, 0) is 88.4 Å². The predicted octanol–water partition coefficient (Wildman–Crippen LogP) is 4.81. The summed E-state index contributed by atoms with van der Waals surface area (Å²) < 4.78 is 0. The SMILES string of the molecule is Cc1ccc([C@@H]2CCCN2C(=O)c2ccc(C(=O)NC(C)(C)C)cc2)cc1C. The normalized spacial score (nSPS) is 16.9. The minimum Gasteiger partial charge on any atom is -0.347 e. The molecule has 4 nitrogen and oxygen atoms in total. The molecule has 28 heavy (non-hydrogen) atoms. The number of likely N-dealkylation sites (tertiary alicyclic amines) is 1. The molecule has 1 N–H and O–H groups in total. The van der Waals surface area contributed by atoms with Gasteiger partial charge in [-0.3, -0.25) is 9.59 Å². The summed E-state index contributed by atoms with van der Waals surface area (Å²) in [4.78, 5) is 27.4. The number of carbonyl (C=O) groups excluding carboxylic acids is 2. The van der Waals surface area contributed by atoms with Gasteiger partial charge in [0, 0.05) is 23.2 Å². The average Bonchev–Trinajstić information content (AvgIpc) is 3.12. The topological polar surface area (TPSA) is 49.4 Å². The van der Waals surface area contributed by atoms with Crippen molar-refractivity contribution in [3.05, 3.63) is 70.3 Å². The average molecular weight is 379 g/mol. The van der Waals surface area contributed by atoms with Crippen LogP contribution >= 0.6 is 0 Å². The molecule has 1 aliphatic heterocycles. The first-order valence-electron chi connectivity index (χ1n) is 9.96. The molecule has 1 aliphatic rings. The Balaban J connectivity index is 1.77. The molecule has 4 heteroatoms. The number of hydrogen-bond donors (Lipinski definition) is 1. The smallest absolute Gasteiger partial charge is 0.254 e. The third kappa shape index (κ3) is 4.44. The molecule has 2 amide bonds. The van der Waals surface area contributed by atoms with E-state index in [-0.39, 0.29) is 23.4 Å². The molecule has 0 bridgehead atoms. The van der Waals surface area contributed by atoms with Crippen LogP contribution in [0, 0.1) is 13.8 Å². The molecule has 0 spiro atoms. The van der Waals surface area contributed by atoms with E-state index in [1.54, 1.807) is 24.3 Å². The van der Waals surface area contributed by atoms with Gasteiger partial charge in [0.1, 0.15) is 0 Å². The maximum atomic E-state index is 13.1. The first-order valence-corrected chi connectivity index (χ1v) is 9.96. The molecular formula is C24H30N2O2. The summed E-state index contributed by atoms with van der Waals surface area (Å²) in [5, 5.41) is 2.94. The highest BCUT2D eigenvalue weighted by molar-refractivity contribution is 5.98. The fourth-order valence-electron chi connectivity index (χ4n) is 3.67. The van der Waals surface area contributed by atoms with Crippen molar-refractivity contribution in [2.24, 2.45) is 0 Å². The second-order valence-electron chi connectivity index (χ2n) is 8.78. The van der Waals surface area contributed by atoms with Crippen molar-refractivity contribution in [3.63, 3.8) is 0 Å². The molecule has 3 rings (SSSR count). The van der Waals surface area contributed by atoms with E-state index in [1.165, 1.54) is 16.7 Å². The lowest BCUT2D eigenvalue weighted by atomic mass is 9.99.